The summed E-state index contributed by atoms with van der Waals surface area (Å²) in [7, 11) is 0. The van der Waals surface area contributed by atoms with E-state index in [1.54, 1.807) is 6.07 Å². The highest BCUT2D eigenvalue weighted by Crippen LogP contribution is 2.22. The van der Waals surface area contributed by atoms with Crippen molar-refractivity contribution in [1.82, 2.24) is 10.3 Å². The van der Waals surface area contributed by atoms with Crippen LogP contribution in [0.1, 0.15) is 15.9 Å². The number of carbonyl (C=O) groups is 1. The average Bonchev–Trinajstić information content (AvgIpc) is 2.90. The molecule has 1 amide bonds. The van der Waals surface area contributed by atoms with Gasteiger partial charge in [-0.3, -0.25) is 4.79 Å². The first kappa shape index (κ1) is 15.1. The van der Waals surface area contributed by atoms with Crippen LogP contribution >= 0.6 is 27.5 Å². The lowest BCUT2D eigenvalue weighted by molar-refractivity contribution is 0.0953. The van der Waals surface area contributed by atoms with E-state index in [0.29, 0.717) is 17.1 Å². The molecule has 0 spiro atoms. The van der Waals surface area contributed by atoms with Gasteiger partial charge >= 0.3 is 0 Å². The molecule has 0 aliphatic heterocycles. The van der Waals surface area contributed by atoms with Gasteiger partial charge in [-0.15, -0.1) is 0 Å². The number of rotatable bonds is 4. The minimum absolute atomic E-state index is 0.0737. The van der Waals surface area contributed by atoms with Crippen molar-refractivity contribution in [3.63, 3.8) is 0 Å². The summed E-state index contributed by atoms with van der Waals surface area (Å²) in [6.07, 6.45) is 2.73. The fraction of sp³-hybridized carbons (Fsp3) is 0.118. The number of amides is 1. The Bertz CT molecular complexity index is 828. The maximum atomic E-state index is 12.1. The van der Waals surface area contributed by atoms with E-state index in [4.69, 9.17) is 11.6 Å². The van der Waals surface area contributed by atoms with E-state index >= 15 is 0 Å². The molecule has 1 aromatic heterocycles. The van der Waals surface area contributed by atoms with Crippen LogP contribution in [0, 0.1) is 0 Å². The quantitative estimate of drug-likeness (QED) is 0.688. The van der Waals surface area contributed by atoms with Gasteiger partial charge in [0.15, 0.2) is 0 Å². The third kappa shape index (κ3) is 3.18. The third-order valence-corrected chi connectivity index (χ3v) is 4.45. The van der Waals surface area contributed by atoms with Crippen LogP contribution in [0.25, 0.3) is 10.9 Å². The molecule has 5 heteroatoms. The van der Waals surface area contributed by atoms with Crippen molar-refractivity contribution in [3.05, 3.63) is 69.3 Å². The van der Waals surface area contributed by atoms with E-state index in [1.165, 1.54) is 5.56 Å². The number of fused-ring (bicyclic) bond motifs is 1. The first-order valence-electron chi connectivity index (χ1n) is 6.93. The normalized spacial score (nSPS) is 10.8. The van der Waals surface area contributed by atoms with E-state index in [2.05, 4.69) is 26.2 Å². The zero-order valence-electron chi connectivity index (χ0n) is 11.7. The Balaban J connectivity index is 1.65. The number of carbonyl (C=O) groups excluding carboxylic acids is 1. The summed E-state index contributed by atoms with van der Waals surface area (Å²) in [6, 6.07) is 13.2. The maximum Gasteiger partial charge on any atom is 0.252 e. The van der Waals surface area contributed by atoms with Crippen LogP contribution in [0.3, 0.4) is 0 Å². The first-order chi connectivity index (χ1) is 10.6. The van der Waals surface area contributed by atoms with Gasteiger partial charge in [-0.25, -0.2) is 0 Å². The lowest BCUT2D eigenvalue weighted by atomic mass is 10.1. The van der Waals surface area contributed by atoms with Crippen LogP contribution in [0.5, 0.6) is 0 Å². The lowest BCUT2D eigenvalue weighted by Crippen LogP contribution is -2.25. The highest BCUT2D eigenvalue weighted by Gasteiger charge is 2.09. The van der Waals surface area contributed by atoms with Gasteiger partial charge in [0.2, 0.25) is 0 Å². The van der Waals surface area contributed by atoms with Crippen LogP contribution in [0.15, 0.2) is 53.1 Å². The van der Waals surface area contributed by atoms with Crippen molar-refractivity contribution in [2.24, 2.45) is 0 Å². The molecule has 2 N–H and O–H groups in total. The molecule has 0 aliphatic carbocycles. The molecule has 0 bridgehead atoms. The number of nitrogens with one attached hydrogen (secondary N) is 2. The molecule has 0 unspecified atom stereocenters. The number of hydrogen-bond donors (Lipinski definition) is 2. The summed E-state index contributed by atoms with van der Waals surface area (Å²) < 4.78 is 0.800. The van der Waals surface area contributed by atoms with Crippen molar-refractivity contribution >= 4 is 44.3 Å². The largest absolute Gasteiger partial charge is 0.361 e. The Morgan fingerprint density at radius 1 is 1.23 bits per heavy atom. The van der Waals surface area contributed by atoms with Crippen molar-refractivity contribution in [2.75, 3.05) is 6.54 Å². The minimum Gasteiger partial charge on any atom is -0.361 e. The summed E-state index contributed by atoms with van der Waals surface area (Å²) in [5, 5.41) is 4.79. The van der Waals surface area contributed by atoms with Crippen molar-refractivity contribution < 1.29 is 4.79 Å². The molecule has 2 aromatic carbocycles. The summed E-state index contributed by atoms with van der Waals surface area (Å²) in [4.78, 5) is 15.3. The molecule has 0 atom stereocenters. The maximum absolute atomic E-state index is 12.1. The number of halogens is 2. The molecule has 3 nitrogen and oxygen atoms in total. The van der Waals surface area contributed by atoms with Crippen LogP contribution in [-0.2, 0) is 6.42 Å². The molecular formula is C17H14BrClN2O. The van der Waals surface area contributed by atoms with Crippen LogP contribution < -0.4 is 5.32 Å². The molecule has 0 aliphatic rings. The monoisotopic (exact) mass is 376 g/mol. The molecule has 0 saturated heterocycles. The minimum atomic E-state index is -0.0737. The molecular weight excluding hydrogens is 364 g/mol. The molecule has 0 saturated carbocycles. The summed E-state index contributed by atoms with van der Waals surface area (Å²) in [5.74, 6) is -0.0737. The Morgan fingerprint density at radius 3 is 2.86 bits per heavy atom. The van der Waals surface area contributed by atoms with Crippen LogP contribution in [0.2, 0.25) is 5.02 Å². The second-order valence-corrected chi connectivity index (χ2v) is 6.28. The number of aromatic nitrogens is 1. The third-order valence-electron chi connectivity index (χ3n) is 3.53. The predicted molar refractivity (Wildman–Crippen MR) is 93.5 cm³/mol. The predicted octanol–water partition coefficient (Wildman–Crippen LogP) is 4.56. The zero-order valence-corrected chi connectivity index (χ0v) is 14.0. The number of hydrogen-bond acceptors (Lipinski definition) is 1. The Morgan fingerprint density at radius 2 is 2.05 bits per heavy atom. The van der Waals surface area contributed by atoms with E-state index in [-0.39, 0.29) is 5.91 Å². The van der Waals surface area contributed by atoms with Crippen molar-refractivity contribution in [3.8, 4) is 0 Å². The van der Waals surface area contributed by atoms with E-state index in [9.17, 15) is 4.79 Å². The first-order valence-corrected chi connectivity index (χ1v) is 8.10. The van der Waals surface area contributed by atoms with Crippen LogP contribution in [-0.4, -0.2) is 17.4 Å². The molecule has 0 fully saturated rings. The highest BCUT2D eigenvalue weighted by atomic mass is 79.9. The van der Waals surface area contributed by atoms with Gasteiger partial charge in [0.25, 0.3) is 5.91 Å². The average molecular weight is 378 g/mol. The zero-order chi connectivity index (χ0) is 15.5. The lowest BCUT2D eigenvalue weighted by Gasteiger charge is -2.06. The van der Waals surface area contributed by atoms with E-state index in [1.807, 2.05) is 42.6 Å². The van der Waals surface area contributed by atoms with Gasteiger partial charge in [-0.05, 0) is 52.2 Å². The van der Waals surface area contributed by atoms with Crippen molar-refractivity contribution in [2.45, 2.75) is 6.42 Å². The van der Waals surface area contributed by atoms with Gasteiger partial charge in [-0.2, -0.15) is 0 Å². The SMILES string of the molecule is O=C(NCCc1c[nH]c2cc(Cl)ccc12)c1ccccc1Br. The topological polar surface area (TPSA) is 44.9 Å². The van der Waals surface area contributed by atoms with Gasteiger partial charge in [-0.1, -0.05) is 29.8 Å². The highest BCUT2D eigenvalue weighted by molar-refractivity contribution is 9.10. The molecule has 112 valence electrons. The van der Waals surface area contributed by atoms with Gasteiger partial charge in [0, 0.05) is 33.1 Å². The number of H-pyrrole nitrogens is 1. The molecule has 22 heavy (non-hydrogen) atoms. The van der Waals surface area contributed by atoms with Crippen LogP contribution in [0.4, 0.5) is 0 Å². The number of aromatic amines is 1. The fourth-order valence-corrected chi connectivity index (χ4v) is 3.05. The summed E-state index contributed by atoms with van der Waals surface area (Å²) >= 11 is 9.36. The van der Waals surface area contributed by atoms with E-state index in [0.717, 1.165) is 21.8 Å². The van der Waals surface area contributed by atoms with Gasteiger partial charge in [0.05, 0.1) is 5.56 Å². The second-order valence-electron chi connectivity index (χ2n) is 4.99. The molecule has 1 heterocycles. The molecule has 3 rings (SSSR count). The number of benzene rings is 2. The molecule has 0 radical (unpaired) electrons. The van der Waals surface area contributed by atoms with Gasteiger partial charge in [0.1, 0.15) is 0 Å². The Labute approximate surface area is 141 Å². The Hall–Kier alpha value is -1.78. The van der Waals surface area contributed by atoms with Gasteiger partial charge < -0.3 is 10.3 Å². The fourth-order valence-electron chi connectivity index (χ4n) is 2.42. The standard InChI is InChI=1S/C17H14BrClN2O/c18-15-4-2-1-3-14(15)17(22)20-8-7-11-10-21-16-9-12(19)5-6-13(11)16/h1-6,9-10,21H,7-8H2,(H,20,22). The van der Waals surface area contributed by atoms with Crippen molar-refractivity contribution in [1.29, 1.82) is 0 Å². The summed E-state index contributed by atoms with van der Waals surface area (Å²) in [5.41, 5.74) is 2.83. The Kier molecular flexibility index (Phi) is 4.50. The molecule has 3 aromatic rings. The second kappa shape index (κ2) is 6.55. The van der Waals surface area contributed by atoms with E-state index < -0.39 is 0 Å². The smallest absolute Gasteiger partial charge is 0.252 e. The summed E-state index contributed by atoms with van der Waals surface area (Å²) in [6.45, 7) is 0.579.